The van der Waals surface area contributed by atoms with Gasteiger partial charge in [0, 0.05) is 48.5 Å². The van der Waals surface area contributed by atoms with Crippen molar-refractivity contribution in [1.82, 2.24) is 10.6 Å². The van der Waals surface area contributed by atoms with Crippen LogP contribution < -0.4 is 10.6 Å². The second-order valence-corrected chi connectivity index (χ2v) is 6.80. The Morgan fingerprint density at radius 2 is 2.14 bits per heavy atom. The fraction of sp³-hybridized carbons (Fsp3) is 0.706. The highest BCUT2D eigenvalue weighted by Gasteiger charge is 2.07. The third kappa shape index (κ3) is 8.39. The zero-order chi connectivity index (χ0) is 16.2. The van der Waals surface area contributed by atoms with E-state index in [1.165, 1.54) is 9.75 Å². The molecule has 0 saturated carbocycles. The second-order valence-electron chi connectivity index (χ2n) is 5.43. The Balaban J connectivity index is 2.34. The van der Waals surface area contributed by atoms with Crippen molar-refractivity contribution >= 4 is 17.3 Å². The van der Waals surface area contributed by atoms with Gasteiger partial charge in [-0.05, 0) is 52.7 Å². The first-order chi connectivity index (χ1) is 10.7. The van der Waals surface area contributed by atoms with Crippen LogP contribution in [0.4, 0.5) is 0 Å². The molecule has 0 amide bonds. The van der Waals surface area contributed by atoms with E-state index in [1.807, 2.05) is 18.3 Å². The predicted octanol–water partition coefficient (Wildman–Crippen LogP) is 3.36. The lowest BCUT2D eigenvalue weighted by Crippen LogP contribution is -2.43. The SMILES string of the molecule is CCNC(=NCCCCOCC)NC(C)Cc1ccc(C)s1. The van der Waals surface area contributed by atoms with E-state index in [-0.39, 0.29) is 0 Å². The van der Waals surface area contributed by atoms with Crippen LogP contribution >= 0.6 is 11.3 Å². The van der Waals surface area contributed by atoms with E-state index in [0.29, 0.717) is 6.04 Å². The van der Waals surface area contributed by atoms with Crippen molar-refractivity contribution in [3.05, 3.63) is 21.9 Å². The Bertz CT molecular complexity index is 431. The number of nitrogens with one attached hydrogen (secondary N) is 2. The maximum Gasteiger partial charge on any atom is 0.191 e. The summed E-state index contributed by atoms with van der Waals surface area (Å²) in [5, 5.41) is 6.81. The number of aliphatic imine (C=N–C) groups is 1. The lowest BCUT2D eigenvalue weighted by molar-refractivity contribution is 0.144. The first-order valence-electron chi connectivity index (χ1n) is 8.33. The number of thiophene rings is 1. The Kier molecular flexibility index (Phi) is 9.91. The van der Waals surface area contributed by atoms with Gasteiger partial charge in [-0.2, -0.15) is 0 Å². The third-order valence-electron chi connectivity index (χ3n) is 3.20. The maximum atomic E-state index is 5.34. The summed E-state index contributed by atoms with van der Waals surface area (Å²) in [5.74, 6) is 0.916. The van der Waals surface area contributed by atoms with Crippen LogP contribution in [0.3, 0.4) is 0 Å². The van der Waals surface area contributed by atoms with Gasteiger partial charge >= 0.3 is 0 Å². The quantitative estimate of drug-likeness (QED) is 0.394. The van der Waals surface area contributed by atoms with Crippen molar-refractivity contribution in [3.8, 4) is 0 Å². The number of nitrogens with zero attached hydrogens (tertiary/aromatic N) is 1. The highest BCUT2D eigenvalue weighted by atomic mass is 32.1. The number of hydrogen-bond donors (Lipinski definition) is 2. The molecule has 1 heterocycles. The minimum atomic E-state index is 0.374. The van der Waals surface area contributed by atoms with Crippen LogP contribution in [0.25, 0.3) is 0 Å². The van der Waals surface area contributed by atoms with Crippen LogP contribution in [-0.4, -0.2) is 38.3 Å². The van der Waals surface area contributed by atoms with Crippen LogP contribution in [0.1, 0.15) is 43.4 Å². The third-order valence-corrected chi connectivity index (χ3v) is 4.22. The molecule has 2 N–H and O–H groups in total. The molecule has 4 nitrogen and oxygen atoms in total. The standard InChI is InChI=1S/C17H31N3OS/c1-5-18-17(19-11-7-8-12-21-6-2)20-14(3)13-16-10-9-15(4)22-16/h9-10,14H,5-8,11-13H2,1-4H3,(H2,18,19,20). The number of rotatable bonds is 10. The van der Waals surface area contributed by atoms with Gasteiger partial charge in [0.05, 0.1) is 0 Å². The van der Waals surface area contributed by atoms with Crippen LogP contribution in [0.5, 0.6) is 0 Å². The molecule has 0 aliphatic carbocycles. The van der Waals surface area contributed by atoms with Gasteiger partial charge in [0.25, 0.3) is 0 Å². The average Bonchev–Trinajstić information content (AvgIpc) is 2.87. The van der Waals surface area contributed by atoms with Crippen molar-refractivity contribution in [2.45, 2.75) is 53.0 Å². The number of guanidine groups is 1. The Labute approximate surface area is 139 Å². The molecule has 1 unspecified atom stereocenters. The van der Waals surface area contributed by atoms with Gasteiger partial charge in [-0.1, -0.05) is 0 Å². The molecule has 1 rings (SSSR count). The number of aryl methyl sites for hydroxylation is 1. The molecule has 0 bridgehead atoms. The summed E-state index contributed by atoms with van der Waals surface area (Å²) in [4.78, 5) is 7.43. The fourth-order valence-electron chi connectivity index (χ4n) is 2.15. The molecule has 22 heavy (non-hydrogen) atoms. The molecule has 0 aliphatic heterocycles. The molecule has 1 aromatic rings. The molecular formula is C17H31N3OS. The molecule has 0 radical (unpaired) electrons. The van der Waals surface area contributed by atoms with E-state index >= 15 is 0 Å². The highest BCUT2D eigenvalue weighted by Crippen LogP contribution is 2.16. The van der Waals surface area contributed by atoms with E-state index in [0.717, 1.165) is 51.5 Å². The Morgan fingerprint density at radius 1 is 1.32 bits per heavy atom. The highest BCUT2D eigenvalue weighted by molar-refractivity contribution is 7.11. The number of ether oxygens (including phenoxy) is 1. The molecule has 0 fully saturated rings. The first kappa shape index (κ1) is 19.0. The average molecular weight is 326 g/mol. The minimum Gasteiger partial charge on any atom is -0.382 e. The van der Waals surface area contributed by atoms with Crippen LogP contribution in [0, 0.1) is 6.92 Å². The summed E-state index contributed by atoms with van der Waals surface area (Å²) in [6.07, 6.45) is 3.17. The molecule has 126 valence electrons. The zero-order valence-corrected chi connectivity index (χ0v) is 15.3. The van der Waals surface area contributed by atoms with E-state index in [4.69, 9.17) is 4.74 Å². The Hall–Kier alpha value is -1.07. The monoisotopic (exact) mass is 325 g/mol. The molecule has 1 aromatic heterocycles. The lowest BCUT2D eigenvalue weighted by Gasteiger charge is -2.17. The molecule has 0 spiro atoms. The molecule has 0 saturated heterocycles. The normalized spacial score (nSPS) is 13.2. The van der Waals surface area contributed by atoms with Crippen LogP contribution in [0.15, 0.2) is 17.1 Å². The van der Waals surface area contributed by atoms with E-state index in [1.54, 1.807) is 0 Å². The van der Waals surface area contributed by atoms with E-state index in [9.17, 15) is 0 Å². The molecule has 0 aliphatic rings. The fourth-order valence-corrected chi connectivity index (χ4v) is 3.17. The summed E-state index contributed by atoms with van der Waals surface area (Å²) in [7, 11) is 0. The van der Waals surface area contributed by atoms with Crippen molar-refractivity contribution in [2.75, 3.05) is 26.3 Å². The molecule has 5 heteroatoms. The van der Waals surface area contributed by atoms with Gasteiger partial charge in [0.2, 0.25) is 0 Å². The summed E-state index contributed by atoms with van der Waals surface area (Å²) in [6, 6.07) is 4.78. The summed E-state index contributed by atoms with van der Waals surface area (Å²) >= 11 is 1.87. The Morgan fingerprint density at radius 3 is 2.77 bits per heavy atom. The van der Waals surface area contributed by atoms with Gasteiger partial charge in [-0.3, -0.25) is 4.99 Å². The van der Waals surface area contributed by atoms with Crippen molar-refractivity contribution in [1.29, 1.82) is 0 Å². The van der Waals surface area contributed by atoms with E-state index in [2.05, 4.69) is 48.5 Å². The largest absolute Gasteiger partial charge is 0.382 e. The smallest absolute Gasteiger partial charge is 0.191 e. The van der Waals surface area contributed by atoms with Gasteiger partial charge in [0.15, 0.2) is 5.96 Å². The van der Waals surface area contributed by atoms with Crippen molar-refractivity contribution in [3.63, 3.8) is 0 Å². The van der Waals surface area contributed by atoms with Gasteiger partial charge < -0.3 is 15.4 Å². The van der Waals surface area contributed by atoms with Crippen LogP contribution in [-0.2, 0) is 11.2 Å². The first-order valence-corrected chi connectivity index (χ1v) is 9.15. The number of hydrogen-bond acceptors (Lipinski definition) is 3. The predicted molar refractivity (Wildman–Crippen MR) is 97.1 cm³/mol. The van der Waals surface area contributed by atoms with Crippen LogP contribution in [0.2, 0.25) is 0 Å². The minimum absolute atomic E-state index is 0.374. The topological polar surface area (TPSA) is 45.7 Å². The lowest BCUT2D eigenvalue weighted by atomic mass is 10.2. The van der Waals surface area contributed by atoms with Crippen molar-refractivity contribution in [2.24, 2.45) is 4.99 Å². The molecule has 0 aromatic carbocycles. The van der Waals surface area contributed by atoms with E-state index < -0.39 is 0 Å². The van der Waals surface area contributed by atoms with Gasteiger partial charge in [-0.15, -0.1) is 11.3 Å². The summed E-state index contributed by atoms with van der Waals surface area (Å²) in [6.45, 7) is 11.8. The zero-order valence-electron chi connectivity index (χ0n) is 14.4. The summed E-state index contributed by atoms with van der Waals surface area (Å²) < 4.78 is 5.34. The molecular weight excluding hydrogens is 294 g/mol. The number of unbranched alkanes of at least 4 members (excludes halogenated alkanes) is 1. The van der Waals surface area contributed by atoms with Gasteiger partial charge in [0.1, 0.15) is 0 Å². The molecule has 1 atom stereocenters. The van der Waals surface area contributed by atoms with Gasteiger partial charge in [-0.25, -0.2) is 0 Å². The van der Waals surface area contributed by atoms with Crippen molar-refractivity contribution < 1.29 is 4.74 Å². The maximum absolute atomic E-state index is 5.34. The summed E-state index contributed by atoms with van der Waals surface area (Å²) in [5.41, 5.74) is 0. The second kappa shape index (κ2) is 11.5.